The molecule has 2 aromatic carbocycles. The van der Waals surface area contributed by atoms with E-state index in [1.165, 1.54) is 18.2 Å². The number of amides is 1. The second-order valence-electron chi connectivity index (χ2n) is 9.02. The van der Waals surface area contributed by atoms with Crippen LogP contribution in [0.4, 0.5) is 11.4 Å². The molecule has 190 valence electrons. The molecule has 0 aliphatic carbocycles. The molecule has 10 heteroatoms. The zero-order valence-electron chi connectivity index (χ0n) is 20.6. The summed E-state index contributed by atoms with van der Waals surface area (Å²) in [4.78, 5) is 23.5. The number of para-hydroxylation sites is 1. The lowest BCUT2D eigenvalue weighted by Gasteiger charge is -2.41. The first-order chi connectivity index (χ1) is 16.5. The highest BCUT2D eigenvalue weighted by Gasteiger charge is 2.38. The number of carbonyl (C=O) groups is 1. The van der Waals surface area contributed by atoms with Crippen molar-refractivity contribution in [2.45, 2.75) is 64.5 Å². The molecule has 0 spiro atoms. The van der Waals surface area contributed by atoms with Crippen LogP contribution in [-0.4, -0.2) is 37.6 Å². The molecule has 1 N–H and O–H groups in total. The van der Waals surface area contributed by atoms with Crippen molar-refractivity contribution < 1.29 is 22.9 Å². The van der Waals surface area contributed by atoms with Gasteiger partial charge in [-0.1, -0.05) is 38.1 Å². The van der Waals surface area contributed by atoms with Crippen molar-refractivity contribution in [2.24, 2.45) is 0 Å². The molecule has 2 aromatic rings. The number of anilines is 1. The molecule has 35 heavy (non-hydrogen) atoms. The number of fused-ring (bicyclic) bond motifs is 1. The van der Waals surface area contributed by atoms with Gasteiger partial charge in [0.25, 0.3) is 5.69 Å². The van der Waals surface area contributed by atoms with Crippen molar-refractivity contribution in [3.05, 3.63) is 63.7 Å². The second kappa shape index (κ2) is 10.6. The summed E-state index contributed by atoms with van der Waals surface area (Å²) in [5.74, 6) is 0.592. The van der Waals surface area contributed by atoms with E-state index in [2.05, 4.69) is 19.2 Å². The molecule has 1 heterocycles. The van der Waals surface area contributed by atoms with Gasteiger partial charge in [-0.3, -0.25) is 19.2 Å². The minimum atomic E-state index is -3.71. The molecule has 1 amide bonds. The van der Waals surface area contributed by atoms with Gasteiger partial charge in [-0.05, 0) is 37.8 Å². The van der Waals surface area contributed by atoms with Gasteiger partial charge >= 0.3 is 0 Å². The van der Waals surface area contributed by atoms with E-state index >= 15 is 0 Å². The molecule has 1 atom stereocenters. The van der Waals surface area contributed by atoms with E-state index in [0.29, 0.717) is 12.0 Å². The SMILES string of the molecule is CCC1(CC)C[C@@H](NC(=O)CCCN(c2cc([N+](=O)[O-])ccc2C)S(C)(=O)=O)c2ccccc2O1. The predicted molar refractivity (Wildman–Crippen MR) is 135 cm³/mol. The van der Waals surface area contributed by atoms with Crippen molar-refractivity contribution in [3.8, 4) is 5.75 Å². The summed E-state index contributed by atoms with van der Waals surface area (Å²) in [6.07, 6.45) is 3.72. The number of ether oxygens (including phenoxy) is 1. The zero-order chi connectivity index (χ0) is 25.8. The number of nitrogens with zero attached hydrogens (tertiary/aromatic N) is 2. The number of aryl methyl sites for hydroxylation is 1. The lowest BCUT2D eigenvalue weighted by Crippen LogP contribution is -2.44. The Kier molecular flexibility index (Phi) is 8.04. The summed E-state index contributed by atoms with van der Waals surface area (Å²) >= 11 is 0. The fraction of sp³-hybridized carbons (Fsp3) is 0.480. The Bertz CT molecular complexity index is 1190. The van der Waals surface area contributed by atoms with Gasteiger partial charge in [0.2, 0.25) is 15.9 Å². The summed E-state index contributed by atoms with van der Waals surface area (Å²) in [5.41, 5.74) is 1.24. The Hall–Kier alpha value is -3.14. The van der Waals surface area contributed by atoms with Crippen LogP contribution in [0.5, 0.6) is 5.75 Å². The first-order valence-electron chi connectivity index (χ1n) is 11.8. The quantitative estimate of drug-likeness (QED) is 0.372. The van der Waals surface area contributed by atoms with Crippen LogP contribution >= 0.6 is 0 Å². The number of nitro groups is 1. The maximum Gasteiger partial charge on any atom is 0.271 e. The van der Waals surface area contributed by atoms with Crippen LogP contribution in [0.2, 0.25) is 0 Å². The van der Waals surface area contributed by atoms with Gasteiger partial charge in [0.15, 0.2) is 0 Å². The smallest absolute Gasteiger partial charge is 0.271 e. The van der Waals surface area contributed by atoms with Crippen molar-refractivity contribution in [1.29, 1.82) is 0 Å². The van der Waals surface area contributed by atoms with Crippen LogP contribution in [0.15, 0.2) is 42.5 Å². The van der Waals surface area contributed by atoms with Gasteiger partial charge in [0.1, 0.15) is 11.4 Å². The maximum atomic E-state index is 12.9. The summed E-state index contributed by atoms with van der Waals surface area (Å²) in [6, 6.07) is 11.6. The highest BCUT2D eigenvalue weighted by Crippen LogP contribution is 2.42. The molecule has 0 saturated carbocycles. The van der Waals surface area contributed by atoms with E-state index in [4.69, 9.17) is 4.74 Å². The largest absolute Gasteiger partial charge is 0.487 e. The normalized spacial score (nSPS) is 16.6. The van der Waals surface area contributed by atoms with Gasteiger partial charge in [-0.25, -0.2) is 8.42 Å². The number of sulfonamides is 1. The molecule has 3 rings (SSSR count). The Morgan fingerprint density at radius 3 is 2.54 bits per heavy atom. The van der Waals surface area contributed by atoms with Gasteiger partial charge in [-0.2, -0.15) is 0 Å². The van der Waals surface area contributed by atoms with Crippen LogP contribution in [-0.2, 0) is 14.8 Å². The number of nitro benzene ring substituents is 1. The number of hydrogen-bond acceptors (Lipinski definition) is 6. The molecular formula is C25H33N3O6S. The summed E-state index contributed by atoms with van der Waals surface area (Å²) in [7, 11) is -3.71. The van der Waals surface area contributed by atoms with Gasteiger partial charge in [0, 0.05) is 37.1 Å². The molecule has 1 aliphatic heterocycles. The predicted octanol–water partition coefficient (Wildman–Crippen LogP) is 4.65. The lowest BCUT2D eigenvalue weighted by atomic mass is 9.83. The standard InChI is InChI=1S/C25H33N3O6S/c1-5-25(6-2)17-21(20-10-7-8-11-23(20)34-25)26-24(29)12-9-15-27(35(4,32)33)22-16-19(28(30)31)14-13-18(22)3/h7-8,10-11,13-14,16,21H,5-6,9,12,15,17H2,1-4H3,(H,26,29)/t21-/m1/s1. The maximum absolute atomic E-state index is 12.9. The van der Waals surface area contributed by atoms with Crippen molar-refractivity contribution in [1.82, 2.24) is 5.32 Å². The highest BCUT2D eigenvalue weighted by molar-refractivity contribution is 7.92. The molecule has 0 bridgehead atoms. The Morgan fingerprint density at radius 1 is 1.23 bits per heavy atom. The molecule has 0 unspecified atom stereocenters. The van der Waals surface area contributed by atoms with Crippen LogP contribution in [0.3, 0.4) is 0 Å². The number of carbonyl (C=O) groups excluding carboxylic acids is 1. The topological polar surface area (TPSA) is 119 Å². The summed E-state index contributed by atoms with van der Waals surface area (Å²) in [5, 5.41) is 14.3. The number of rotatable bonds is 10. The van der Waals surface area contributed by atoms with Crippen LogP contribution in [0, 0.1) is 17.0 Å². The minimum Gasteiger partial charge on any atom is -0.487 e. The minimum absolute atomic E-state index is 0.0342. The summed E-state index contributed by atoms with van der Waals surface area (Å²) < 4.78 is 32.4. The van der Waals surface area contributed by atoms with Crippen molar-refractivity contribution in [2.75, 3.05) is 17.1 Å². The van der Waals surface area contributed by atoms with Gasteiger partial charge < -0.3 is 10.1 Å². The van der Waals surface area contributed by atoms with Crippen LogP contribution in [0.1, 0.15) is 63.1 Å². The zero-order valence-corrected chi connectivity index (χ0v) is 21.4. The monoisotopic (exact) mass is 503 g/mol. The lowest BCUT2D eigenvalue weighted by molar-refractivity contribution is -0.384. The van der Waals surface area contributed by atoms with E-state index in [9.17, 15) is 23.3 Å². The molecule has 0 fully saturated rings. The summed E-state index contributed by atoms with van der Waals surface area (Å²) in [6.45, 7) is 5.88. The van der Waals surface area contributed by atoms with Gasteiger partial charge in [0.05, 0.1) is 22.9 Å². The first-order valence-corrected chi connectivity index (χ1v) is 13.6. The van der Waals surface area contributed by atoms with E-state index < -0.39 is 14.9 Å². The third kappa shape index (κ3) is 6.11. The molecule has 0 radical (unpaired) electrons. The second-order valence-corrected chi connectivity index (χ2v) is 10.9. The Morgan fingerprint density at radius 2 is 1.91 bits per heavy atom. The number of benzene rings is 2. The van der Waals surface area contributed by atoms with Crippen molar-refractivity contribution >= 4 is 27.3 Å². The number of nitrogens with one attached hydrogen (secondary N) is 1. The average Bonchev–Trinajstić information content (AvgIpc) is 2.81. The van der Waals surface area contributed by atoms with Crippen LogP contribution < -0.4 is 14.4 Å². The van der Waals surface area contributed by atoms with E-state index in [1.807, 2.05) is 24.3 Å². The fourth-order valence-corrected chi connectivity index (χ4v) is 5.54. The first kappa shape index (κ1) is 26.5. The van der Waals surface area contributed by atoms with Crippen molar-refractivity contribution in [3.63, 3.8) is 0 Å². The van der Waals surface area contributed by atoms with Crippen LogP contribution in [0.25, 0.3) is 0 Å². The molecule has 9 nitrogen and oxygen atoms in total. The van der Waals surface area contributed by atoms with E-state index in [-0.39, 0.29) is 48.3 Å². The molecular weight excluding hydrogens is 470 g/mol. The third-order valence-electron chi connectivity index (χ3n) is 6.66. The molecule has 1 aliphatic rings. The van der Waals surface area contributed by atoms with E-state index in [0.717, 1.165) is 34.7 Å². The fourth-order valence-electron chi connectivity index (χ4n) is 4.52. The Balaban J connectivity index is 1.71. The molecule has 0 saturated heterocycles. The highest BCUT2D eigenvalue weighted by atomic mass is 32.2. The number of non-ortho nitro benzene ring substituents is 1. The average molecular weight is 504 g/mol. The third-order valence-corrected chi connectivity index (χ3v) is 7.84. The Labute approximate surface area is 206 Å². The van der Waals surface area contributed by atoms with E-state index in [1.54, 1.807) is 6.92 Å². The molecule has 0 aromatic heterocycles. The number of hydrogen-bond donors (Lipinski definition) is 1. The van der Waals surface area contributed by atoms with Gasteiger partial charge in [-0.15, -0.1) is 0 Å².